The molecule has 4 heteroatoms. The molecule has 2 rings (SSSR count). The van der Waals surface area contributed by atoms with Gasteiger partial charge in [0.1, 0.15) is 0 Å². The first-order valence-electron chi connectivity index (χ1n) is 5.66. The van der Waals surface area contributed by atoms with Crippen molar-refractivity contribution in [3.63, 3.8) is 0 Å². The van der Waals surface area contributed by atoms with Crippen molar-refractivity contribution in [2.24, 2.45) is 0 Å². The van der Waals surface area contributed by atoms with E-state index in [9.17, 15) is 0 Å². The molecule has 1 heterocycles. The van der Waals surface area contributed by atoms with Crippen LogP contribution in [0.3, 0.4) is 0 Å². The third-order valence-corrected chi connectivity index (χ3v) is 3.36. The van der Waals surface area contributed by atoms with Crippen LogP contribution in [-0.4, -0.2) is 25.6 Å². The Hall–Kier alpha value is -1.55. The zero-order chi connectivity index (χ0) is 12.1. The fourth-order valence-corrected chi connectivity index (χ4v) is 2.31. The zero-order valence-corrected chi connectivity index (χ0v) is 11.0. The van der Waals surface area contributed by atoms with Gasteiger partial charge in [-0.2, -0.15) is 0 Å². The second-order valence-corrected chi connectivity index (χ2v) is 4.99. The molecule has 0 saturated heterocycles. The molecule has 0 spiro atoms. The van der Waals surface area contributed by atoms with Crippen LogP contribution in [0, 0.1) is 0 Å². The lowest BCUT2D eigenvalue weighted by Crippen LogP contribution is -2.13. The lowest BCUT2D eigenvalue weighted by atomic mass is 10.2. The molecule has 3 nitrogen and oxygen atoms in total. The molecule has 0 atom stereocenters. The molecule has 1 aromatic carbocycles. The Balaban J connectivity index is 1.94. The van der Waals surface area contributed by atoms with Gasteiger partial charge in [-0.3, -0.25) is 0 Å². The van der Waals surface area contributed by atoms with Crippen LogP contribution in [0.5, 0.6) is 0 Å². The van der Waals surface area contributed by atoms with Gasteiger partial charge in [0.15, 0.2) is 0 Å². The Morgan fingerprint density at radius 2 is 2.12 bits per heavy atom. The minimum atomic E-state index is 0.915. The van der Waals surface area contributed by atoms with E-state index >= 15 is 0 Å². The highest BCUT2D eigenvalue weighted by molar-refractivity contribution is 7.09. The first-order chi connectivity index (χ1) is 8.27. The maximum Gasteiger partial charge on any atom is 0.0942 e. The molecule has 0 aliphatic rings. The van der Waals surface area contributed by atoms with Crippen molar-refractivity contribution in [2.75, 3.05) is 30.9 Å². The monoisotopic (exact) mass is 247 g/mol. The summed E-state index contributed by atoms with van der Waals surface area (Å²) in [5.41, 5.74) is 2.39. The van der Waals surface area contributed by atoms with Crippen LogP contribution >= 0.6 is 11.3 Å². The van der Waals surface area contributed by atoms with E-state index in [2.05, 4.69) is 53.6 Å². The number of nitrogens with one attached hydrogen (secondary N) is 1. The van der Waals surface area contributed by atoms with E-state index in [0.29, 0.717) is 0 Å². The Morgan fingerprint density at radius 1 is 1.29 bits per heavy atom. The summed E-state index contributed by atoms with van der Waals surface area (Å²) >= 11 is 1.71. The van der Waals surface area contributed by atoms with Gasteiger partial charge < -0.3 is 10.2 Å². The number of rotatable bonds is 5. The van der Waals surface area contributed by atoms with Crippen LogP contribution in [0.25, 0.3) is 0 Å². The number of anilines is 2. The van der Waals surface area contributed by atoms with Gasteiger partial charge in [-0.1, -0.05) is 12.1 Å². The summed E-state index contributed by atoms with van der Waals surface area (Å²) in [6.07, 6.45) is 2.83. The molecule has 2 aromatic rings. The average Bonchev–Trinajstić information content (AvgIpc) is 2.82. The van der Waals surface area contributed by atoms with Crippen molar-refractivity contribution in [1.29, 1.82) is 0 Å². The molecule has 0 saturated carbocycles. The predicted octanol–water partition coefficient (Wildman–Crippen LogP) is 2.86. The quantitative estimate of drug-likeness (QED) is 0.880. The Kier molecular flexibility index (Phi) is 3.98. The molecule has 0 aliphatic heterocycles. The van der Waals surface area contributed by atoms with Gasteiger partial charge in [0.2, 0.25) is 0 Å². The van der Waals surface area contributed by atoms with E-state index in [1.54, 1.807) is 11.3 Å². The Morgan fingerprint density at radius 3 is 2.82 bits per heavy atom. The summed E-state index contributed by atoms with van der Waals surface area (Å²) < 4.78 is 0. The Labute approximate surface area is 106 Å². The van der Waals surface area contributed by atoms with Crippen molar-refractivity contribution in [3.05, 3.63) is 40.8 Å². The molecule has 1 aromatic heterocycles. The van der Waals surface area contributed by atoms with Crippen LogP contribution in [0.2, 0.25) is 0 Å². The first-order valence-corrected chi connectivity index (χ1v) is 6.54. The van der Waals surface area contributed by atoms with E-state index in [1.165, 1.54) is 16.4 Å². The van der Waals surface area contributed by atoms with Gasteiger partial charge in [0.25, 0.3) is 0 Å². The van der Waals surface area contributed by atoms with Gasteiger partial charge in [0.05, 0.1) is 16.4 Å². The van der Waals surface area contributed by atoms with Crippen LogP contribution in [0.4, 0.5) is 11.4 Å². The highest BCUT2D eigenvalue weighted by Gasteiger charge is 2.02. The molecule has 0 radical (unpaired) electrons. The molecule has 0 amide bonds. The van der Waals surface area contributed by atoms with Crippen LogP contribution in [-0.2, 0) is 6.42 Å². The topological polar surface area (TPSA) is 28.2 Å². The van der Waals surface area contributed by atoms with E-state index in [1.807, 2.05) is 11.6 Å². The lowest BCUT2D eigenvalue weighted by Gasteiger charge is -2.18. The zero-order valence-electron chi connectivity index (χ0n) is 10.2. The van der Waals surface area contributed by atoms with Gasteiger partial charge in [-0.25, -0.2) is 4.98 Å². The number of thiazole rings is 1. The van der Waals surface area contributed by atoms with Gasteiger partial charge in [0, 0.05) is 38.6 Å². The van der Waals surface area contributed by atoms with Crippen molar-refractivity contribution < 1.29 is 0 Å². The minimum absolute atomic E-state index is 0.915. The minimum Gasteiger partial charge on any atom is -0.383 e. The second kappa shape index (κ2) is 5.68. The third-order valence-electron chi connectivity index (χ3n) is 2.52. The normalized spacial score (nSPS) is 10.2. The predicted molar refractivity (Wildman–Crippen MR) is 75.1 cm³/mol. The van der Waals surface area contributed by atoms with Crippen LogP contribution < -0.4 is 10.2 Å². The molecule has 90 valence electrons. The maximum atomic E-state index is 4.27. The van der Waals surface area contributed by atoms with Crippen molar-refractivity contribution >= 4 is 22.7 Å². The van der Waals surface area contributed by atoms with Gasteiger partial charge in [-0.05, 0) is 12.1 Å². The number of aromatic nitrogens is 1. The highest BCUT2D eigenvalue weighted by atomic mass is 32.1. The highest BCUT2D eigenvalue weighted by Crippen LogP contribution is 2.23. The van der Waals surface area contributed by atoms with E-state index in [-0.39, 0.29) is 0 Å². The fourth-order valence-electron chi connectivity index (χ4n) is 1.69. The van der Waals surface area contributed by atoms with Gasteiger partial charge in [-0.15, -0.1) is 11.3 Å². The van der Waals surface area contributed by atoms with Gasteiger partial charge >= 0.3 is 0 Å². The Bertz CT molecular complexity index is 451. The molecular weight excluding hydrogens is 230 g/mol. The summed E-state index contributed by atoms with van der Waals surface area (Å²) in [5, 5.41) is 6.66. The average molecular weight is 247 g/mol. The van der Waals surface area contributed by atoms with E-state index in [4.69, 9.17) is 0 Å². The summed E-state index contributed by atoms with van der Waals surface area (Å²) in [5.74, 6) is 0. The second-order valence-electron chi connectivity index (χ2n) is 4.01. The SMILES string of the molecule is CN(C)c1ccccc1NCCc1nccs1. The summed E-state index contributed by atoms with van der Waals surface area (Å²) in [6, 6.07) is 8.34. The van der Waals surface area contributed by atoms with E-state index in [0.717, 1.165) is 13.0 Å². The summed E-state index contributed by atoms with van der Waals surface area (Å²) in [4.78, 5) is 6.39. The molecule has 0 aliphatic carbocycles. The van der Waals surface area contributed by atoms with Crippen LogP contribution in [0.1, 0.15) is 5.01 Å². The maximum absolute atomic E-state index is 4.27. The number of nitrogens with zero attached hydrogens (tertiary/aromatic N) is 2. The number of para-hydroxylation sites is 2. The summed E-state index contributed by atoms with van der Waals surface area (Å²) in [6.45, 7) is 0.915. The molecule has 0 fully saturated rings. The lowest BCUT2D eigenvalue weighted by molar-refractivity contribution is 0.994. The third kappa shape index (κ3) is 3.20. The molecule has 0 bridgehead atoms. The van der Waals surface area contributed by atoms with Crippen molar-refractivity contribution in [2.45, 2.75) is 6.42 Å². The largest absolute Gasteiger partial charge is 0.383 e. The molecule has 0 unspecified atom stereocenters. The summed E-state index contributed by atoms with van der Waals surface area (Å²) in [7, 11) is 4.11. The van der Waals surface area contributed by atoms with Crippen molar-refractivity contribution in [1.82, 2.24) is 4.98 Å². The smallest absolute Gasteiger partial charge is 0.0942 e. The fraction of sp³-hybridized carbons (Fsp3) is 0.308. The van der Waals surface area contributed by atoms with Crippen LogP contribution in [0.15, 0.2) is 35.8 Å². The molecule has 17 heavy (non-hydrogen) atoms. The molecular formula is C13H17N3S. The standard InChI is InChI=1S/C13H17N3S/c1-16(2)12-6-4-3-5-11(12)14-8-7-13-15-9-10-17-13/h3-6,9-10,14H,7-8H2,1-2H3. The van der Waals surface area contributed by atoms with E-state index < -0.39 is 0 Å². The number of hydrogen-bond acceptors (Lipinski definition) is 4. The number of hydrogen-bond donors (Lipinski definition) is 1. The van der Waals surface area contributed by atoms with Crippen molar-refractivity contribution in [3.8, 4) is 0 Å². The molecule has 1 N–H and O–H groups in total. The number of benzene rings is 1. The first kappa shape index (κ1) is 11.9.